The van der Waals surface area contributed by atoms with E-state index in [1.165, 1.54) is 28.6 Å². The van der Waals surface area contributed by atoms with Crippen LogP contribution in [0.5, 0.6) is 0 Å². The highest BCUT2D eigenvalue weighted by Crippen LogP contribution is 2.25. The number of carbonyl (C=O) groups is 1. The van der Waals surface area contributed by atoms with Crippen molar-refractivity contribution >= 4 is 16.0 Å². The number of benzene rings is 1. The molecule has 0 amide bonds. The molecule has 0 bridgehead atoms. The summed E-state index contributed by atoms with van der Waals surface area (Å²) in [4.78, 5) is 10.9. The van der Waals surface area contributed by atoms with Crippen LogP contribution in [0.15, 0.2) is 29.2 Å². The number of rotatable bonds is 3. The summed E-state index contributed by atoms with van der Waals surface area (Å²) >= 11 is 0. The van der Waals surface area contributed by atoms with Crippen LogP contribution in [0.3, 0.4) is 0 Å². The van der Waals surface area contributed by atoms with Gasteiger partial charge in [0, 0.05) is 12.6 Å². The molecule has 1 saturated heterocycles. The SMILES string of the molecule is C[C@H]1CCCCN1S(=O)(=O)c1ccc(C(=O)O)cc1. The minimum absolute atomic E-state index is 0.00194. The lowest BCUT2D eigenvalue weighted by Gasteiger charge is -2.32. The van der Waals surface area contributed by atoms with Crippen LogP contribution in [-0.4, -0.2) is 36.4 Å². The zero-order valence-corrected chi connectivity index (χ0v) is 11.6. The standard InChI is InChI=1S/C13H17NO4S/c1-10-4-2-3-9-14(10)19(17,18)12-7-5-11(6-8-12)13(15)16/h5-8,10H,2-4,9H2,1H3,(H,15,16)/t10-/m0/s1. The highest BCUT2D eigenvalue weighted by molar-refractivity contribution is 7.89. The Balaban J connectivity index is 2.30. The van der Waals surface area contributed by atoms with Crippen molar-refractivity contribution in [1.82, 2.24) is 4.31 Å². The Hall–Kier alpha value is -1.40. The minimum Gasteiger partial charge on any atom is -0.478 e. The van der Waals surface area contributed by atoms with Crippen LogP contribution in [0, 0.1) is 0 Å². The minimum atomic E-state index is -3.51. The van der Waals surface area contributed by atoms with E-state index < -0.39 is 16.0 Å². The molecule has 1 aromatic rings. The van der Waals surface area contributed by atoms with Gasteiger partial charge in [-0.05, 0) is 44.0 Å². The number of sulfonamides is 1. The van der Waals surface area contributed by atoms with Gasteiger partial charge in [-0.1, -0.05) is 6.42 Å². The molecule has 5 nitrogen and oxygen atoms in total. The van der Waals surface area contributed by atoms with Crippen molar-refractivity contribution in [2.24, 2.45) is 0 Å². The number of nitrogens with zero attached hydrogens (tertiary/aromatic N) is 1. The van der Waals surface area contributed by atoms with E-state index in [9.17, 15) is 13.2 Å². The molecule has 2 rings (SSSR count). The maximum Gasteiger partial charge on any atom is 0.335 e. The molecule has 1 aromatic carbocycles. The van der Waals surface area contributed by atoms with Gasteiger partial charge in [-0.15, -0.1) is 0 Å². The van der Waals surface area contributed by atoms with Gasteiger partial charge in [0.1, 0.15) is 0 Å². The summed E-state index contributed by atoms with van der Waals surface area (Å²) in [6, 6.07) is 5.37. The summed E-state index contributed by atoms with van der Waals surface area (Å²) < 4.78 is 26.4. The average molecular weight is 283 g/mol. The van der Waals surface area contributed by atoms with Gasteiger partial charge < -0.3 is 5.11 Å². The Bertz CT molecular complexity index is 565. The van der Waals surface area contributed by atoms with Crippen LogP contribution in [0.2, 0.25) is 0 Å². The molecule has 0 saturated carbocycles. The molecule has 1 atom stereocenters. The van der Waals surface area contributed by atoms with Crippen LogP contribution in [-0.2, 0) is 10.0 Å². The van der Waals surface area contributed by atoms with E-state index in [0.717, 1.165) is 19.3 Å². The largest absolute Gasteiger partial charge is 0.478 e. The molecular weight excluding hydrogens is 266 g/mol. The Kier molecular flexibility index (Phi) is 3.91. The molecular formula is C13H17NO4S. The number of aromatic carboxylic acids is 1. The van der Waals surface area contributed by atoms with Crippen LogP contribution in [0.25, 0.3) is 0 Å². The van der Waals surface area contributed by atoms with E-state index in [2.05, 4.69) is 0 Å². The lowest BCUT2D eigenvalue weighted by molar-refractivity contribution is 0.0696. The lowest BCUT2D eigenvalue weighted by Crippen LogP contribution is -2.41. The number of piperidine rings is 1. The van der Waals surface area contributed by atoms with E-state index in [-0.39, 0.29) is 16.5 Å². The Labute approximate surface area is 112 Å². The summed E-state index contributed by atoms with van der Waals surface area (Å²) in [5, 5.41) is 8.81. The first kappa shape index (κ1) is 14.0. The van der Waals surface area contributed by atoms with Crippen molar-refractivity contribution in [3.8, 4) is 0 Å². The first-order chi connectivity index (χ1) is 8.93. The fourth-order valence-corrected chi connectivity index (χ4v) is 4.03. The maximum absolute atomic E-state index is 12.5. The summed E-state index contributed by atoms with van der Waals surface area (Å²) in [5.41, 5.74) is 0.0886. The van der Waals surface area contributed by atoms with Crippen LogP contribution < -0.4 is 0 Å². The Morgan fingerprint density at radius 3 is 2.42 bits per heavy atom. The third-order valence-corrected chi connectivity index (χ3v) is 5.48. The van der Waals surface area contributed by atoms with Gasteiger partial charge in [0.05, 0.1) is 10.5 Å². The van der Waals surface area contributed by atoms with E-state index >= 15 is 0 Å². The Morgan fingerprint density at radius 2 is 1.89 bits per heavy atom. The molecule has 0 radical (unpaired) electrons. The fourth-order valence-electron chi connectivity index (χ4n) is 2.33. The molecule has 1 aliphatic heterocycles. The number of hydrogen-bond acceptors (Lipinski definition) is 3. The van der Waals surface area contributed by atoms with Crippen molar-refractivity contribution in [2.75, 3.05) is 6.54 Å². The molecule has 104 valence electrons. The monoisotopic (exact) mass is 283 g/mol. The second kappa shape index (κ2) is 5.30. The van der Waals surface area contributed by atoms with Crippen molar-refractivity contribution < 1.29 is 18.3 Å². The summed E-state index contributed by atoms with van der Waals surface area (Å²) in [5.74, 6) is -1.06. The average Bonchev–Trinajstić information content (AvgIpc) is 2.39. The molecule has 1 aliphatic rings. The molecule has 6 heteroatoms. The first-order valence-electron chi connectivity index (χ1n) is 6.28. The third-order valence-electron chi connectivity index (χ3n) is 3.45. The number of carboxylic acids is 1. The van der Waals surface area contributed by atoms with E-state index in [1.54, 1.807) is 0 Å². The predicted molar refractivity (Wildman–Crippen MR) is 70.6 cm³/mol. The van der Waals surface area contributed by atoms with Crippen LogP contribution >= 0.6 is 0 Å². The zero-order chi connectivity index (χ0) is 14.0. The number of hydrogen-bond donors (Lipinski definition) is 1. The van der Waals surface area contributed by atoms with Crippen LogP contribution in [0.4, 0.5) is 0 Å². The number of carboxylic acid groups (broad SMARTS) is 1. The smallest absolute Gasteiger partial charge is 0.335 e. The molecule has 1 N–H and O–H groups in total. The topological polar surface area (TPSA) is 74.7 Å². The van der Waals surface area contributed by atoms with E-state index in [4.69, 9.17) is 5.11 Å². The lowest BCUT2D eigenvalue weighted by atomic mass is 10.1. The highest BCUT2D eigenvalue weighted by atomic mass is 32.2. The van der Waals surface area contributed by atoms with E-state index in [0.29, 0.717) is 6.54 Å². The van der Waals surface area contributed by atoms with Crippen molar-refractivity contribution in [2.45, 2.75) is 37.1 Å². The second-order valence-electron chi connectivity index (χ2n) is 4.79. The second-order valence-corrected chi connectivity index (χ2v) is 6.68. The molecule has 19 heavy (non-hydrogen) atoms. The van der Waals surface area contributed by atoms with Crippen molar-refractivity contribution in [3.05, 3.63) is 29.8 Å². The fraction of sp³-hybridized carbons (Fsp3) is 0.462. The Morgan fingerprint density at radius 1 is 1.26 bits per heavy atom. The quantitative estimate of drug-likeness (QED) is 0.920. The maximum atomic E-state index is 12.5. The van der Waals surface area contributed by atoms with Gasteiger partial charge >= 0.3 is 5.97 Å². The van der Waals surface area contributed by atoms with Gasteiger partial charge in [0.15, 0.2) is 0 Å². The predicted octanol–water partition coefficient (Wildman–Crippen LogP) is 1.95. The summed E-state index contributed by atoms with van der Waals surface area (Å²) in [7, 11) is -3.51. The molecule has 0 aromatic heterocycles. The van der Waals surface area contributed by atoms with Gasteiger partial charge in [-0.2, -0.15) is 4.31 Å². The molecule has 1 fully saturated rings. The molecule has 0 unspecified atom stereocenters. The zero-order valence-electron chi connectivity index (χ0n) is 10.7. The summed E-state index contributed by atoms with van der Waals surface area (Å²) in [6.07, 6.45) is 2.79. The van der Waals surface area contributed by atoms with Gasteiger partial charge in [0.2, 0.25) is 10.0 Å². The molecule has 1 heterocycles. The highest BCUT2D eigenvalue weighted by Gasteiger charge is 2.30. The third kappa shape index (κ3) is 2.79. The molecule has 0 aliphatic carbocycles. The van der Waals surface area contributed by atoms with Gasteiger partial charge in [-0.25, -0.2) is 13.2 Å². The normalized spacial score (nSPS) is 21.2. The van der Waals surface area contributed by atoms with Crippen molar-refractivity contribution in [3.63, 3.8) is 0 Å². The van der Waals surface area contributed by atoms with E-state index in [1.807, 2.05) is 6.92 Å². The molecule has 0 spiro atoms. The first-order valence-corrected chi connectivity index (χ1v) is 7.72. The van der Waals surface area contributed by atoms with Crippen molar-refractivity contribution in [1.29, 1.82) is 0 Å². The van der Waals surface area contributed by atoms with Gasteiger partial charge in [0.25, 0.3) is 0 Å². The van der Waals surface area contributed by atoms with Crippen LogP contribution in [0.1, 0.15) is 36.5 Å². The van der Waals surface area contributed by atoms with Gasteiger partial charge in [-0.3, -0.25) is 0 Å². The summed E-state index contributed by atoms with van der Waals surface area (Å²) in [6.45, 7) is 2.44.